The smallest absolute Gasteiger partial charge is 0.317 e. The predicted octanol–water partition coefficient (Wildman–Crippen LogP) is 3.67. The number of hydrogen-bond donors (Lipinski definition) is 6. The zero-order chi connectivity index (χ0) is 34.8. The highest BCUT2D eigenvalue weighted by atomic mass is 16.6. The first-order chi connectivity index (χ1) is 23.8. The second-order valence-electron chi connectivity index (χ2n) is 13.2. The number of fused-ring (bicyclic) bond motifs is 2. The van der Waals surface area contributed by atoms with Crippen molar-refractivity contribution in [1.29, 1.82) is 0 Å². The molecule has 1 saturated carbocycles. The number of carbonyl (C=O) groups excluding carboxylic acids is 1. The lowest BCUT2D eigenvalue weighted by Crippen LogP contribution is -2.69. The fourth-order valence-corrected chi connectivity index (χ4v) is 7.78. The van der Waals surface area contributed by atoms with E-state index < -0.39 is 23.8 Å². The average molecular weight is 682 g/mol. The van der Waals surface area contributed by atoms with E-state index in [-0.39, 0.29) is 76.1 Å². The molecule has 2 aromatic carbocycles. The number of allylic oxidation sites excluding steroid dienone is 1. The molecule has 6 atom stereocenters. The maximum atomic E-state index is 13.6. The second-order valence-corrected chi connectivity index (χ2v) is 13.2. The lowest BCUT2D eigenvalue weighted by molar-refractivity contribution is -0.226. The molecule has 6 unspecified atom stereocenters. The van der Waals surface area contributed by atoms with Crippen molar-refractivity contribution >= 4 is 11.7 Å². The summed E-state index contributed by atoms with van der Waals surface area (Å²) in [6.07, 6.45) is 6.75. The number of benzene rings is 2. The third-order valence-electron chi connectivity index (χ3n) is 10.1. The number of aliphatic hydroxyl groups is 4. The number of unbranched alkanes of at least 4 members (excludes halogenated alkanes) is 2. The number of carbonyl (C=O) groups is 1. The van der Waals surface area contributed by atoms with Gasteiger partial charge in [0.15, 0.2) is 0 Å². The van der Waals surface area contributed by atoms with Gasteiger partial charge in [0.1, 0.15) is 24.1 Å². The second kappa shape index (κ2) is 17.3. The molecule has 12 nitrogen and oxygen atoms in total. The Morgan fingerprint density at radius 2 is 1.78 bits per heavy atom. The van der Waals surface area contributed by atoms with Gasteiger partial charge in [-0.05, 0) is 66.9 Å². The summed E-state index contributed by atoms with van der Waals surface area (Å²) in [6.45, 7) is 0.879. The van der Waals surface area contributed by atoms with Crippen LogP contribution in [0.5, 0.6) is 11.5 Å². The SMILES string of the molecule is CN(C(=O)NCCOCCO)C1CC(=NOCc2ccccc2)C2=CC(CCCCO)C(CCCCO)C3c4cc(O)ccc4OC1(O)C23. The van der Waals surface area contributed by atoms with E-state index in [0.717, 1.165) is 42.4 Å². The Labute approximate surface area is 288 Å². The number of urea groups is 1. The summed E-state index contributed by atoms with van der Waals surface area (Å²) in [4.78, 5) is 21.0. The van der Waals surface area contributed by atoms with Gasteiger partial charge < -0.3 is 50.1 Å². The van der Waals surface area contributed by atoms with E-state index in [9.17, 15) is 25.2 Å². The fraction of sp³-hybridized carbons (Fsp3) is 0.568. The van der Waals surface area contributed by atoms with Gasteiger partial charge in [0.25, 0.3) is 0 Å². The highest BCUT2D eigenvalue weighted by Gasteiger charge is 2.63. The van der Waals surface area contributed by atoms with E-state index in [4.69, 9.17) is 19.4 Å². The number of nitrogens with one attached hydrogen (secondary N) is 1. The van der Waals surface area contributed by atoms with Gasteiger partial charge in [-0.3, -0.25) is 0 Å². The first-order valence-electron chi connectivity index (χ1n) is 17.4. The highest BCUT2D eigenvalue weighted by Crippen LogP contribution is 2.60. The van der Waals surface area contributed by atoms with E-state index in [2.05, 4.69) is 16.5 Å². The van der Waals surface area contributed by atoms with E-state index in [1.807, 2.05) is 30.3 Å². The van der Waals surface area contributed by atoms with Gasteiger partial charge in [0.05, 0.1) is 31.5 Å². The Kier molecular flexibility index (Phi) is 12.9. The Bertz CT molecular complexity index is 1440. The standard InChI is InChI=1S/C37H51N3O9/c1-40(36(45)38-15-19-47-20-18-43)33-23-31(39-48-24-25-9-3-2-4-10-25)29-21-26(11-5-7-16-41)28(12-6-8-17-42)34-30-22-27(44)13-14-32(30)49-37(33,46)35(29)34/h2-4,9-10,13-14,21-22,26,28,33-35,41-44,46H,5-8,11-12,15-20,23-24H2,1H3,(H,38,45). The maximum Gasteiger partial charge on any atom is 0.317 e. The molecule has 2 aliphatic carbocycles. The molecule has 2 amide bonds. The summed E-state index contributed by atoms with van der Waals surface area (Å²) < 4.78 is 11.9. The van der Waals surface area contributed by atoms with Crippen LogP contribution < -0.4 is 10.1 Å². The largest absolute Gasteiger partial charge is 0.508 e. The Balaban J connectivity index is 1.59. The van der Waals surface area contributed by atoms with Gasteiger partial charge in [0.2, 0.25) is 5.79 Å². The molecule has 0 aromatic heterocycles. The molecule has 0 radical (unpaired) electrons. The number of phenolic OH excluding ortho intramolecular Hbond substituents is 1. The number of rotatable bonds is 17. The van der Waals surface area contributed by atoms with Crippen LogP contribution in [0.4, 0.5) is 4.79 Å². The van der Waals surface area contributed by atoms with Crippen LogP contribution in [0.3, 0.4) is 0 Å². The van der Waals surface area contributed by atoms with Crippen LogP contribution in [0.1, 0.15) is 62.0 Å². The summed E-state index contributed by atoms with van der Waals surface area (Å²) in [5.74, 6) is -2.25. The topological polar surface area (TPSA) is 174 Å². The predicted molar refractivity (Wildman–Crippen MR) is 183 cm³/mol. The lowest BCUT2D eigenvalue weighted by Gasteiger charge is -2.58. The summed E-state index contributed by atoms with van der Waals surface area (Å²) in [7, 11) is 1.62. The molecule has 1 heterocycles. The van der Waals surface area contributed by atoms with Crippen LogP contribution in [0.25, 0.3) is 0 Å². The third kappa shape index (κ3) is 8.38. The number of amides is 2. The molecule has 0 spiro atoms. The number of nitrogens with zero attached hydrogens (tertiary/aromatic N) is 2. The van der Waals surface area contributed by atoms with Crippen molar-refractivity contribution in [3.8, 4) is 11.5 Å². The van der Waals surface area contributed by atoms with Crippen molar-refractivity contribution in [2.45, 2.75) is 69.3 Å². The zero-order valence-corrected chi connectivity index (χ0v) is 28.2. The number of likely N-dealkylation sites (N-methyl/N-ethyl adjacent to an activating group) is 1. The minimum absolute atomic E-state index is 0.00279. The normalized spacial score (nSPS) is 26.3. The minimum Gasteiger partial charge on any atom is -0.508 e. The number of ether oxygens (including phenoxy) is 2. The average Bonchev–Trinajstić information content (AvgIpc) is 3.10. The van der Waals surface area contributed by atoms with Crippen LogP contribution in [-0.2, 0) is 16.2 Å². The van der Waals surface area contributed by atoms with Gasteiger partial charge in [-0.1, -0.05) is 54.4 Å². The van der Waals surface area contributed by atoms with Gasteiger partial charge in [-0.25, -0.2) is 4.79 Å². The Morgan fingerprint density at radius 1 is 1.02 bits per heavy atom. The van der Waals surface area contributed by atoms with Gasteiger partial charge in [0, 0.05) is 44.7 Å². The molecule has 268 valence electrons. The number of oxime groups is 1. The number of hydrogen-bond acceptors (Lipinski definition) is 10. The van der Waals surface area contributed by atoms with Crippen molar-refractivity contribution in [1.82, 2.24) is 10.2 Å². The molecule has 0 saturated heterocycles. The van der Waals surface area contributed by atoms with Crippen LogP contribution in [0.2, 0.25) is 0 Å². The molecule has 1 fully saturated rings. The van der Waals surface area contributed by atoms with Crippen LogP contribution in [0, 0.1) is 17.8 Å². The van der Waals surface area contributed by atoms with Crippen LogP contribution in [0.15, 0.2) is 65.3 Å². The van der Waals surface area contributed by atoms with Crippen molar-refractivity contribution in [2.75, 3.05) is 46.6 Å². The van der Waals surface area contributed by atoms with Crippen molar-refractivity contribution < 1.29 is 44.6 Å². The van der Waals surface area contributed by atoms with Crippen LogP contribution >= 0.6 is 0 Å². The monoisotopic (exact) mass is 681 g/mol. The molecule has 49 heavy (non-hydrogen) atoms. The number of aromatic hydroxyl groups is 1. The quantitative estimate of drug-likeness (QED) is 0.108. The van der Waals surface area contributed by atoms with E-state index in [1.54, 1.807) is 19.2 Å². The summed E-state index contributed by atoms with van der Waals surface area (Å²) >= 11 is 0. The molecule has 2 aromatic rings. The number of phenols is 1. The van der Waals surface area contributed by atoms with Gasteiger partial charge in [-0.2, -0.15) is 0 Å². The Hall–Kier alpha value is -3.68. The molecule has 1 aliphatic heterocycles. The van der Waals surface area contributed by atoms with E-state index >= 15 is 0 Å². The van der Waals surface area contributed by atoms with E-state index in [0.29, 0.717) is 24.3 Å². The first-order valence-corrected chi connectivity index (χ1v) is 17.4. The lowest BCUT2D eigenvalue weighted by atomic mass is 9.55. The molecular formula is C37H51N3O9. The highest BCUT2D eigenvalue weighted by molar-refractivity contribution is 6.03. The molecular weight excluding hydrogens is 630 g/mol. The molecule has 3 aliphatic rings. The summed E-state index contributed by atoms with van der Waals surface area (Å²) in [6, 6.07) is 13.3. The first kappa shape index (κ1) is 36.6. The molecule has 5 rings (SSSR count). The summed E-state index contributed by atoms with van der Waals surface area (Å²) in [5, 5.41) is 59.3. The van der Waals surface area contributed by atoms with Crippen molar-refractivity contribution in [2.24, 2.45) is 22.9 Å². The zero-order valence-electron chi connectivity index (χ0n) is 28.2. The number of aliphatic hydroxyl groups excluding tert-OH is 3. The molecule has 6 N–H and O–H groups in total. The van der Waals surface area contributed by atoms with Crippen molar-refractivity contribution in [3.05, 3.63) is 71.3 Å². The Morgan fingerprint density at radius 3 is 2.51 bits per heavy atom. The van der Waals surface area contributed by atoms with Gasteiger partial charge >= 0.3 is 6.03 Å². The third-order valence-corrected chi connectivity index (χ3v) is 10.1. The fourth-order valence-electron chi connectivity index (χ4n) is 7.78. The minimum atomic E-state index is -1.86. The summed E-state index contributed by atoms with van der Waals surface area (Å²) in [5.41, 5.74) is 3.13. The van der Waals surface area contributed by atoms with Crippen molar-refractivity contribution in [3.63, 3.8) is 0 Å². The van der Waals surface area contributed by atoms with Gasteiger partial charge in [-0.15, -0.1) is 0 Å². The van der Waals surface area contributed by atoms with E-state index in [1.165, 1.54) is 11.0 Å². The molecule has 0 bridgehead atoms. The molecule has 12 heteroatoms. The van der Waals surface area contributed by atoms with Crippen LogP contribution in [-0.4, -0.2) is 101 Å². The maximum absolute atomic E-state index is 13.6.